The van der Waals surface area contributed by atoms with Gasteiger partial charge in [0.15, 0.2) is 5.58 Å². The summed E-state index contributed by atoms with van der Waals surface area (Å²) >= 11 is 18.8. The number of rotatable bonds is 1. The van der Waals surface area contributed by atoms with Crippen molar-refractivity contribution in [2.24, 2.45) is 0 Å². The summed E-state index contributed by atoms with van der Waals surface area (Å²) in [5.41, 5.74) is 8.43. The van der Waals surface area contributed by atoms with Crippen molar-refractivity contribution >= 4 is 71.8 Å². The summed E-state index contributed by atoms with van der Waals surface area (Å²) in [7, 11) is 0. The van der Waals surface area contributed by atoms with E-state index in [9.17, 15) is 0 Å². The van der Waals surface area contributed by atoms with Crippen molar-refractivity contribution < 1.29 is 4.42 Å². The predicted octanol–water partition coefficient (Wildman–Crippen LogP) is 5.91. The van der Waals surface area contributed by atoms with Crippen LogP contribution in [-0.4, -0.2) is 4.98 Å². The lowest BCUT2D eigenvalue weighted by atomic mass is 10.2. The van der Waals surface area contributed by atoms with Gasteiger partial charge in [0.05, 0.1) is 20.7 Å². The van der Waals surface area contributed by atoms with Gasteiger partial charge in [-0.1, -0.05) is 23.2 Å². The van der Waals surface area contributed by atoms with Crippen LogP contribution in [0.1, 0.15) is 0 Å². The van der Waals surface area contributed by atoms with Gasteiger partial charge in [0.2, 0.25) is 5.89 Å². The van der Waals surface area contributed by atoms with Crippen LogP contribution in [0.25, 0.3) is 22.6 Å². The molecule has 2 aromatic carbocycles. The minimum Gasteiger partial charge on any atom is -0.436 e. The third-order valence-corrected chi connectivity index (χ3v) is 4.78. The highest BCUT2D eigenvalue weighted by atomic mass is 79.9. The van der Waals surface area contributed by atoms with E-state index in [0.29, 0.717) is 42.8 Å². The van der Waals surface area contributed by atoms with Gasteiger partial charge in [0.25, 0.3) is 0 Å². The molecule has 0 aliphatic heterocycles. The van der Waals surface area contributed by atoms with Crippen LogP contribution in [0.15, 0.2) is 37.6 Å². The summed E-state index contributed by atoms with van der Waals surface area (Å²) < 4.78 is 7.16. The lowest BCUT2D eigenvalue weighted by Crippen LogP contribution is -1.88. The Balaban J connectivity index is 2.26. The third-order valence-electron chi connectivity index (χ3n) is 2.77. The van der Waals surface area contributed by atoms with Crippen LogP contribution >= 0.6 is 55.1 Å². The van der Waals surface area contributed by atoms with Crippen molar-refractivity contribution in [2.75, 3.05) is 5.73 Å². The third kappa shape index (κ3) is 2.33. The molecule has 20 heavy (non-hydrogen) atoms. The first-order chi connectivity index (χ1) is 9.47. The Kier molecular flexibility index (Phi) is 3.71. The molecule has 0 aliphatic carbocycles. The molecule has 0 spiro atoms. The molecule has 2 N–H and O–H groups in total. The molecule has 102 valence electrons. The summed E-state index contributed by atoms with van der Waals surface area (Å²) in [6.45, 7) is 0. The molecular formula is C13H6Br2Cl2N2O. The van der Waals surface area contributed by atoms with Gasteiger partial charge in [0, 0.05) is 9.50 Å². The van der Waals surface area contributed by atoms with E-state index >= 15 is 0 Å². The maximum Gasteiger partial charge on any atom is 0.228 e. The maximum atomic E-state index is 6.16. The van der Waals surface area contributed by atoms with Gasteiger partial charge in [-0.2, -0.15) is 0 Å². The van der Waals surface area contributed by atoms with Crippen LogP contribution in [0, 0.1) is 0 Å². The molecule has 0 aliphatic rings. The SMILES string of the molecule is Nc1c(Br)cc2oc(-c3ccc(Cl)cc3Cl)nc2c1Br. The number of anilines is 1. The largest absolute Gasteiger partial charge is 0.436 e. The lowest BCUT2D eigenvalue weighted by molar-refractivity contribution is 0.619. The first-order valence-electron chi connectivity index (χ1n) is 5.47. The minimum absolute atomic E-state index is 0.417. The van der Waals surface area contributed by atoms with Crippen LogP contribution in [0.3, 0.4) is 0 Å². The van der Waals surface area contributed by atoms with Gasteiger partial charge in [-0.3, -0.25) is 0 Å². The first-order valence-corrected chi connectivity index (χ1v) is 7.81. The molecule has 7 heteroatoms. The lowest BCUT2D eigenvalue weighted by Gasteiger charge is -1.99. The van der Waals surface area contributed by atoms with Crippen LogP contribution in [0.2, 0.25) is 10.0 Å². The quantitative estimate of drug-likeness (QED) is 0.482. The second-order valence-corrected chi connectivity index (χ2v) is 6.57. The maximum absolute atomic E-state index is 6.16. The fourth-order valence-corrected chi connectivity index (χ4v) is 3.45. The molecule has 0 saturated heterocycles. The van der Waals surface area contributed by atoms with Gasteiger partial charge in [0.1, 0.15) is 5.52 Å². The Bertz CT molecular complexity index is 833. The molecule has 3 aromatic rings. The number of fused-ring (bicyclic) bond motifs is 1. The number of hydrogen-bond acceptors (Lipinski definition) is 3. The fourth-order valence-electron chi connectivity index (χ4n) is 1.79. The number of hydrogen-bond donors (Lipinski definition) is 1. The highest BCUT2D eigenvalue weighted by Gasteiger charge is 2.16. The van der Waals surface area contributed by atoms with E-state index in [0.717, 1.165) is 4.47 Å². The zero-order chi connectivity index (χ0) is 14.4. The van der Waals surface area contributed by atoms with Crippen molar-refractivity contribution in [2.45, 2.75) is 0 Å². The van der Waals surface area contributed by atoms with Gasteiger partial charge in [-0.15, -0.1) is 0 Å². The second-order valence-electron chi connectivity index (χ2n) is 4.08. The summed E-state index contributed by atoms with van der Waals surface area (Å²) in [6.07, 6.45) is 0. The Morgan fingerprint density at radius 2 is 1.90 bits per heavy atom. The van der Waals surface area contributed by atoms with Gasteiger partial charge >= 0.3 is 0 Å². The number of nitrogens with zero attached hydrogens (tertiary/aromatic N) is 1. The van der Waals surface area contributed by atoms with Crippen molar-refractivity contribution in [3.8, 4) is 11.5 Å². The molecule has 0 amide bonds. The van der Waals surface area contributed by atoms with Crippen LogP contribution in [0.5, 0.6) is 0 Å². The Morgan fingerprint density at radius 3 is 2.60 bits per heavy atom. The predicted molar refractivity (Wildman–Crippen MR) is 89.3 cm³/mol. The molecule has 0 radical (unpaired) electrons. The molecule has 3 nitrogen and oxygen atoms in total. The van der Waals surface area contributed by atoms with E-state index < -0.39 is 0 Å². The van der Waals surface area contributed by atoms with Crippen LogP contribution in [-0.2, 0) is 0 Å². The molecule has 0 fully saturated rings. The molecule has 1 heterocycles. The van der Waals surface area contributed by atoms with E-state index in [2.05, 4.69) is 36.8 Å². The first kappa shape index (κ1) is 14.2. The summed E-state index contributed by atoms with van der Waals surface area (Å²) in [5, 5.41) is 1.04. The average molecular weight is 437 g/mol. The molecular weight excluding hydrogens is 431 g/mol. The number of benzene rings is 2. The summed E-state index contributed by atoms with van der Waals surface area (Å²) in [6, 6.07) is 6.92. The average Bonchev–Trinajstić information content (AvgIpc) is 2.80. The number of nitrogens with two attached hydrogens (primary N) is 1. The van der Waals surface area contributed by atoms with Gasteiger partial charge < -0.3 is 10.2 Å². The Labute approximate surface area is 141 Å². The normalized spacial score (nSPS) is 11.2. The van der Waals surface area contributed by atoms with Crippen molar-refractivity contribution in [3.05, 3.63) is 43.3 Å². The summed E-state index contributed by atoms with van der Waals surface area (Å²) in [5.74, 6) is 0.417. The number of halogens is 4. The molecule has 0 unspecified atom stereocenters. The highest BCUT2D eigenvalue weighted by Crippen LogP contribution is 2.38. The number of nitrogen functional groups attached to an aromatic ring is 1. The van der Waals surface area contributed by atoms with E-state index in [1.165, 1.54) is 0 Å². The molecule has 1 aromatic heterocycles. The second kappa shape index (κ2) is 5.22. The molecule has 0 atom stereocenters. The van der Waals surface area contributed by atoms with Crippen molar-refractivity contribution in [1.82, 2.24) is 4.98 Å². The van der Waals surface area contributed by atoms with E-state index in [1.807, 2.05) is 0 Å². The van der Waals surface area contributed by atoms with E-state index in [1.54, 1.807) is 24.3 Å². The van der Waals surface area contributed by atoms with Crippen LogP contribution in [0.4, 0.5) is 5.69 Å². The van der Waals surface area contributed by atoms with Crippen molar-refractivity contribution in [1.29, 1.82) is 0 Å². The molecule has 0 bridgehead atoms. The van der Waals surface area contributed by atoms with Gasteiger partial charge in [-0.05, 0) is 56.1 Å². The standard InChI is InChI=1S/C13H6Br2Cl2N2O/c14-7-4-9-12(10(15)11(7)18)19-13(20-9)6-2-1-5(16)3-8(6)17/h1-4H,18H2. The van der Waals surface area contributed by atoms with Crippen molar-refractivity contribution in [3.63, 3.8) is 0 Å². The number of aromatic nitrogens is 1. The molecule has 0 saturated carbocycles. The van der Waals surface area contributed by atoms with E-state index in [-0.39, 0.29) is 0 Å². The Hall–Kier alpha value is -0.750. The molecule has 3 rings (SSSR count). The van der Waals surface area contributed by atoms with Gasteiger partial charge in [-0.25, -0.2) is 4.98 Å². The summed E-state index contributed by atoms with van der Waals surface area (Å²) in [4.78, 5) is 4.43. The van der Waals surface area contributed by atoms with Crippen LogP contribution < -0.4 is 5.73 Å². The monoisotopic (exact) mass is 434 g/mol. The highest BCUT2D eigenvalue weighted by molar-refractivity contribution is 9.11. The minimum atomic E-state index is 0.417. The smallest absolute Gasteiger partial charge is 0.228 e. The van der Waals surface area contributed by atoms with E-state index in [4.69, 9.17) is 33.4 Å². The zero-order valence-corrected chi connectivity index (χ0v) is 14.4. The number of oxazole rings is 1. The zero-order valence-electron chi connectivity index (χ0n) is 9.75. The fraction of sp³-hybridized carbons (Fsp3) is 0. The Morgan fingerprint density at radius 1 is 1.15 bits per heavy atom. The topological polar surface area (TPSA) is 52.0 Å².